The number of fused-ring (bicyclic) bond motifs is 1. The number of hydrogen-bond acceptors (Lipinski definition) is 8. The number of benzene rings is 1. The number of hydrogen-bond donors (Lipinski definition) is 0. The third kappa shape index (κ3) is 3.89. The Morgan fingerprint density at radius 1 is 1.12 bits per heavy atom. The molecule has 9 nitrogen and oxygen atoms in total. The van der Waals surface area contributed by atoms with Gasteiger partial charge in [-0.1, -0.05) is 11.8 Å². The van der Waals surface area contributed by atoms with Crippen molar-refractivity contribution in [2.75, 3.05) is 19.0 Å². The van der Waals surface area contributed by atoms with E-state index in [2.05, 4.69) is 20.1 Å². The first-order chi connectivity index (χ1) is 15.6. The van der Waals surface area contributed by atoms with Gasteiger partial charge < -0.3 is 18.5 Å². The molecule has 0 bridgehead atoms. The van der Waals surface area contributed by atoms with Gasteiger partial charge in [0.05, 0.1) is 12.0 Å². The molecule has 10 heteroatoms. The van der Waals surface area contributed by atoms with E-state index in [0.29, 0.717) is 36.2 Å². The number of ether oxygens (including phenoxy) is 2. The lowest BCUT2D eigenvalue weighted by atomic mass is 10.2. The molecule has 1 aliphatic heterocycles. The molecule has 0 fully saturated rings. The molecular weight excluding hydrogens is 430 g/mol. The Labute approximate surface area is 188 Å². The van der Waals surface area contributed by atoms with Crippen molar-refractivity contribution >= 4 is 17.5 Å². The Morgan fingerprint density at radius 3 is 2.78 bits per heavy atom. The van der Waals surface area contributed by atoms with Crippen LogP contribution in [0.5, 0.6) is 11.5 Å². The van der Waals surface area contributed by atoms with Crippen molar-refractivity contribution in [1.29, 1.82) is 0 Å². The van der Waals surface area contributed by atoms with E-state index in [0.717, 1.165) is 28.6 Å². The minimum Gasteiger partial charge on any atom is -0.486 e. The van der Waals surface area contributed by atoms with E-state index in [-0.39, 0.29) is 11.5 Å². The van der Waals surface area contributed by atoms with Crippen LogP contribution in [0.4, 0.5) is 0 Å². The van der Waals surface area contributed by atoms with Gasteiger partial charge in [-0.3, -0.25) is 4.79 Å². The molecule has 32 heavy (non-hydrogen) atoms. The van der Waals surface area contributed by atoms with Crippen molar-refractivity contribution in [2.45, 2.75) is 25.5 Å². The summed E-state index contributed by atoms with van der Waals surface area (Å²) in [5.41, 5.74) is 3.45. The van der Waals surface area contributed by atoms with E-state index in [1.807, 2.05) is 50.2 Å². The molecule has 0 saturated heterocycles. The van der Waals surface area contributed by atoms with Gasteiger partial charge in [0.25, 0.3) is 0 Å². The molecule has 164 valence electrons. The fourth-order valence-electron chi connectivity index (χ4n) is 3.77. The van der Waals surface area contributed by atoms with Gasteiger partial charge in [-0.15, -0.1) is 5.10 Å². The molecular formula is C22H21N5O4S. The Hall–Kier alpha value is -3.53. The Balaban J connectivity index is 1.33. The van der Waals surface area contributed by atoms with Crippen LogP contribution in [0.3, 0.4) is 0 Å². The second-order valence-electron chi connectivity index (χ2n) is 7.36. The molecule has 0 unspecified atom stereocenters. The molecule has 4 aromatic rings. The summed E-state index contributed by atoms with van der Waals surface area (Å²) in [6, 6.07) is 11.4. The fraction of sp³-hybridized carbons (Fsp3) is 0.273. The minimum atomic E-state index is 0.0134. The van der Waals surface area contributed by atoms with Crippen LogP contribution < -0.4 is 9.47 Å². The maximum Gasteiger partial charge on any atom is 0.210 e. The molecule has 0 saturated carbocycles. The highest BCUT2D eigenvalue weighted by Gasteiger charge is 2.20. The first-order valence-electron chi connectivity index (χ1n) is 10.1. The number of aromatic nitrogens is 5. The topological polar surface area (TPSA) is 97.2 Å². The number of Topliss-reactive ketones (excluding diaryl/α,β-unsaturated/α-hetero) is 1. The molecule has 0 spiro atoms. The van der Waals surface area contributed by atoms with Crippen molar-refractivity contribution < 1.29 is 18.7 Å². The molecule has 0 atom stereocenters. The number of carbonyl (C=O) groups is 1. The van der Waals surface area contributed by atoms with E-state index in [4.69, 9.17) is 13.9 Å². The molecule has 0 N–H and O–H groups in total. The summed E-state index contributed by atoms with van der Waals surface area (Å²) in [6.45, 7) is 5.42. The van der Waals surface area contributed by atoms with E-state index in [1.54, 1.807) is 10.9 Å². The van der Waals surface area contributed by atoms with Crippen molar-refractivity contribution in [3.63, 3.8) is 0 Å². The second-order valence-corrected chi connectivity index (χ2v) is 8.30. The molecule has 0 radical (unpaired) electrons. The predicted octanol–water partition coefficient (Wildman–Crippen LogP) is 3.47. The summed E-state index contributed by atoms with van der Waals surface area (Å²) in [5.74, 6) is 2.44. The van der Waals surface area contributed by atoms with Gasteiger partial charge in [0.2, 0.25) is 5.16 Å². The highest BCUT2D eigenvalue weighted by molar-refractivity contribution is 7.99. The summed E-state index contributed by atoms with van der Waals surface area (Å²) in [7, 11) is 0. The molecule has 3 aromatic heterocycles. The smallest absolute Gasteiger partial charge is 0.210 e. The van der Waals surface area contributed by atoms with Crippen LogP contribution in [0.25, 0.3) is 5.69 Å². The van der Waals surface area contributed by atoms with Crippen LogP contribution in [-0.2, 0) is 6.54 Å². The van der Waals surface area contributed by atoms with Gasteiger partial charge in [-0.2, -0.15) is 0 Å². The van der Waals surface area contributed by atoms with Crippen LogP contribution in [0, 0.1) is 13.8 Å². The highest BCUT2D eigenvalue weighted by atomic mass is 32.2. The predicted molar refractivity (Wildman–Crippen MR) is 117 cm³/mol. The zero-order valence-corrected chi connectivity index (χ0v) is 18.5. The SMILES string of the molecule is Cc1cc(C(=O)CSc2nnnn2Cc2ccco2)c(C)n1-c1ccc2c(c1)OCCO2. The molecule has 0 aliphatic carbocycles. The molecule has 4 heterocycles. The maximum absolute atomic E-state index is 13.0. The van der Waals surface area contributed by atoms with Crippen LogP contribution in [0.2, 0.25) is 0 Å². The Bertz CT molecular complexity index is 1260. The summed E-state index contributed by atoms with van der Waals surface area (Å²) >= 11 is 1.31. The van der Waals surface area contributed by atoms with E-state index in [1.165, 1.54) is 11.8 Å². The second kappa shape index (κ2) is 8.54. The molecule has 5 rings (SSSR count). The quantitative estimate of drug-likeness (QED) is 0.311. The van der Waals surface area contributed by atoms with E-state index in [9.17, 15) is 4.79 Å². The maximum atomic E-state index is 13.0. The van der Waals surface area contributed by atoms with Crippen molar-refractivity contribution in [1.82, 2.24) is 24.8 Å². The standard InChI is InChI=1S/C22H21N5O4S/c1-14-10-18(15(2)27(14)16-5-6-20-21(11-16)31-9-8-30-20)19(28)13-32-22-23-24-25-26(22)12-17-4-3-7-29-17/h3-7,10-11H,8-9,12-13H2,1-2H3. The largest absolute Gasteiger partial charge is 0.486 e. The van der Waals surface area contributed by atoms with Crippen LogP contribution in [0.15, 0.2) is 52.2 Å². The zero-order valence-electron chi connectivity index (χ0n) is 17.6. The third-order valence-corrected chi connectivity index (χ3v) is 6.19. The number of thioether (sulfide) groups is 1. The van der Waals surface area contributed by atoms with Gasteiger partial charge in [0.15, 0.2) is 17.3 Å². The number of carbonyl (C=O) groups excluding carboxylic acids is 1. The number of ketones is 1. The van der Waals surface area contributed by atoms with Crippen LogP contribution in [-0.4, -0.2) is 49.5 Å². The van der Waals surface area contributed by atoms with Gasteiger partial charge in [-0.25, -0.2) is 4.68 Å². The number of nitrogens with zero attached hydrogens (tertiary/aromatic N) is 5. The summed E-state index contributed by atoms with van der Waals surface area (Å²) in [6.07, 6.45) is 1.60. The summed E-state index contributed by atoms with van der Waals surface area (Å²) in [4.78, 5) is 13.0. The average Bonchev–Trinajstić information content (AvgIpc) is 3.53. The summed E-state index contributed by atoms with van der Waals surface area (Å²) < 4.78 is 20.4. The number of aryl methyl sites for hydroxylation is 1. The van der Waals surface area contributed by atoms with Gasteiger partial charge in [0.1, 0.15) is 25.5 Å². The molecule has 1 aromatic carbocycles. The molecule has 1 aliphatic rings. The van der Waals surface area contributed by atoms with Gasteiger partial charge >= 0.3 is 0 Å². The number of furan rings is 1. The lowest BCUT2D eigenvalue weighted by Gasteiger charge is -2.20. The van der Waals surface area contributed by atoms with E-state index < -0.39 is 0 Å². The van der Waals surface area contributed by atoms with Crippen LogP contribution >= 0.6 is 11.8 Å². The number of tetrazole rings is 1. The van der Waals surface area contributed by atoms with Crippen molar-refractivity contribution in [2.24, 2.45) is 0 Å². The third-order valence-electron chi connectivity index (χ3n) is 5.23. The van der Waals surface area contributed by atoms with Crippen molar-refractivity contribution in [3.05, 3.63) is 65.4 Å². The summed E-state index contributed by atoms with van der Waals surface area (Å²) in [5, 5.41) is 12.3. The first-order valence-corrected chi connectivity index (χ1v) is 11.1. The monoisotopic (exact) mass is 451 g/mol. The lowest BCUT2D eigenvalue weighted by Crippen LogP contribution is -2.15. The Morgan fingerprint density at radius 2 is 1.97 bits per heavy atom. The van der Waals surface area contributed by atoms with Gasteiger partial charge in [0, 0.05) is 28.7 Å². The fourth-order valence-corrected chi connectivity index (χ4v) is 4.53. The first kappa shape index (κ1) is 20.4. The zero-order chi connectivity index (χ0) is 22.1. The normalized spacial score (nSPS) is 12.8. The highest BCUT2D eigenvalue weighted by Crippen LogP contribution is 2.33. The van der Waals surface area contributed by atoms with E-state index >= 15 is 0 Å². The lowest BCUT2D eigenvalue weighted by molar-refractivity contribution is 0.102. The minimum absolute atomic E-state index is 0.0134. The van der Waals surface area contributed by atoms with Gasteiger partial charge in [-0.05, 0) is 54.6 Å². The number of rotatable bonds is 7. The average molecular weight is 452 g/mol. The Kier molecular flexibility index (Phi) is 5.44. The molecule has 0 amide bonds. The van der Waals surface area contributed by atoms with Crippen molar-refractivity contribution in [3.8, 4) is 17.2 Å². The van der Waals surface area contributed by atoms with Crippen LogP contribution in [0.1, 0.15) is 27.5 Å².